The van der Waals surface area contributed by atoms with Gasteiger partial charge < -0.3 is 14.8 Å². The molecule has 2 rings (SSSR count). The highest BCUT2D eigenvalue weighted by atomic mass is 16.5. The highest BCUT2D eigenvalue weighted by molar-refractivity contribution is 5.76. The van der Waals surface area contributed by atoms with E-state index in [1.807, 2.05) is 49.4 Å². The predicted octanol–water partition coefficient (Wildman–Crippen LogP) is 3.60. The fourth-order valence-electron chi connectivity index (χ4n) is 2.44. The van der Waals surface area contributed by atoms with Crippen molar-refractivity contribution in [1.82, 2.24) is 5.32 Å². The number of hydrogen-bond acceptors (Lipinski definition) is 3. The highest BCUT2D eigenvalue weighted by Crippen LogP contribution is 2.25. The molecular weight excluding hydrogens is 302 g/mol. The van der Waals surface area contributed by atoms with Crippen molar-refractivity contribution in [3.05, 3.63) is 60.2 Å². The van der Waals surface area contributed by atoms with Crippen LogP contribution in [-0.4, -0.2) is 25.7 Å². The minimum absolute atomic E-state index is 0.00506. The van der Waals surface area contributed by atoms with E-state index in [0.717, 1.165) is 12.8 Å². The Labute approximate surface area is 143 Å². The number of para-hydroxylation sites is 2. The van der Waals surface area contributed by atoms with Crippen LogP contribution in [0, 0.1) is 0 Å². The lowest BCUT2D eigenvalue weighted by Crippen LogP contribution is -2.33. The molecule has 0 fully saturated rings. The Morgan fingerprint density at radius 1 is 1.04 bits per heavy atom. The molecule has 1 unspecified atom stereocenters. The van der Waals surface area contributed by atoms with Gasteiger partial charge in [0.1, 0.15) is 0 Å². The van der Waals surface area contributed by atoms with E-state index >= 15 is 0 Å². The topological polar surface area (TPSA) is 47.6 Å². The largest absolute Gasteiger partial charge is 0.493 e. The third-order valence-corrected chi connectivity index (χ3v) is 3.77. The number of amides is 1. The minimum atomic E-state index is 0.00506. The van der Waals surface area contributed by atoms with Gasteiger partial charge in [-0.3, -0.25) is 4.79 Å². The molecule has 0 aliphatic heterocycles. The molecule has 24 heavy (non-hydrogen) atoms. The first kappa shape index (κ1) is 17.9. The number of methoxy groups -OCH3 is 1. The van der Waals surface area contributed by atoms with Crippen molar-refractivity contribution in [3.63, 3.8) is 0 Å². The second-order valence-corrected chi connectivity index (χ2v) is 5.74. The maximum atomic E-state index is 12.0. The molecule has 0 saturated heterocycles. The third kappa shape index (κ3) is 5.95. The van der Waals surface area contributed by atoms with E-state index in [0.29, 0.717) is 24.5 Å². The van der Waals surface area contributed by atoms with Crippen molar-refractivity contribution < 1.29 is 14.3 Å². The molecule has 0 saturated carbocycles. The summed E-state index contributed by atoms with van der Waals surface area (Å²) < 4.78 is 10.8. The number of ether oxygens (including phenoxy) is 2. The Hall–Kier alpha value is -2.49. The zero-order valence-corrected chi connectivity index (χ0v) is 14.3. The lowest BCUT2D eigenvalue weighted by atomic mass is 10.1. The Balaban J connectivity index is 1.67. The number of carbonyl (C=O) groups is 1. The fraction of sp³-hybridized carbons (Fsp3) is 0.350. The fourth-order valence-corrected chi connectivity index (χ4v) is 2.44. The summed E-state index contributed by atoms with van der Waals surface area (Å²) in [5.74, 6) is 1.34. The maximum Gasteiger partial charge on any atom is 0.223 e. The lowest BCUT2D eigenvalue weighted by Gasteiger charge is -2.14. The minimum Gasteiger partial charge on any atom is -0.493 e. The zero-order valence-electron chi connectivity index (χ0n) is 14.3. The van der Waals surface area contributed by atoms with E-state index in [1.165, 1.54) is 5.56 Å². The monoisotopic (exact) mass is 327 g/mol. The lowest BCUT2D eigenvalue weighted by molar-refractivity contribution is -0.122. The number of hydrogen-bond donors (Lipinski definition) is 1. The molecule has 0 spiro atoms. The number of rotatable bonds is 9. The molecule has 1 N–H and O–H groups in total. The second kappa shape index (κ2) is 9.60. The average molecular weight is 327 g/mol. The van der Waals surface area contributed by atoms with E-state index in [9.17, 15) is 4.79 Å². The van der Waals surface area contributed by atoms with Gasteiger partial charge in [-0.05, 0) is 37.5 Å². The Morgan fingerprint density at radius 3 is 2.42 bits per heavy atom. The first-order valence-corrected chi connectivity index (χ1v) is 8.28. The summed E-state index contributed by atoms with van der Waals surface area (Å²) in [5.41, 5.74) is 1.29. The van der Waals surface area contributed by atoms with Crippen LogP contribution in [0.1, 0.15) is 25.3 Å². The molecule has 4 heteroatoms. The summed E-state index contributed by atoms with van der Waals surface area (Å²) in [6.07, 6.45) is 2.21. The van der Waals surface area contributed by atoms with Crippen LogP contribution in [-0.2, 0) is 11.2 Å². The van der Waals surface area contributed by atoms with E-state index in [4.69, 9.17) is 9.47 Å². The number of benzene rings is 2. The summed E-state index contributed by atoms with van der Waals surface area (Å²) in [4.78, 5) is 12.0. The average Bonchev–Trinajstić information content (AvgIpc) is 2.61. The number of nitrogens with one attached hydrogen (secondary N) is 1. The van der Waals surface area contributed by atoms with Gasteiger partial charge in [0.05, 0.1) is 20.1 Å². The van der Waals surface area contributed by atoms with Crippen molar-refractivity contribution >= 4 is 5.91 Å². The number of carbonyl (C=O) groups excluding carboxylic acids is 1. The smallest absolute Gasteiger partial charge is 0.223 e. The zero-order chi connectivity index (χ0) is 17.2. The molecule has 0 aliphatic rings. The van der Waals surface area contributed by atoms with Crippen molar-refractivity contribution in [2.24, 2.45) is 0 Å². The quantitative estimate of drug-likeness (QED) is 0.765. The first-order chi connectivity index (χ1) is 11.7. The van der Waals surface area contributed by atoms with Crippen LogP contribution in [0.4, 0.5) is 0 Å². The molecular formula is C20H25NO3. The third-order valence-electron chi connectivity index (χ3n) is 3.77. The van der Waals surface area contributed by atoms with Crippen molar-refractivity contribution in [2.75, 3.05) is 13.7 Å². The molecule has 128 valence electrons. The van der Waals surface area contributed by atoms with Gasteiger partial charge in [0, 0.05) is 6.04 Å². The summed E-state index contributed by atoms with van der Waals surface area (Å²) in [6.45, 7) is 2.36. The van der Waals surface area contributed by atoms with Crippen LogP contribution in [0.15, 0.2) is 54.6 Å². The van der Waals surface area contributed by atoms with E-state index in [1.54, 1.807) is 7.11 Å². The number of aryl methyl sites for hydroxylation is 1. The van der Waals surface area contributed by atoms with E-state index in [2.05, 4.69) is 17.4 Å². The molecule has 1 atom stereocenters. The SMILES string of the molecule is COc1ccccc1OCCC(=O)NC(C)CCc1ccccc1. The molecule has 0 radical (unpaired) electrons. The molecule has 2 aromatic rings. The summed E-state index contributed by atoms with van der Waals surface area (Å²) in [7, 11) is 1.60. The van der Waals surface area contributed by atoms with Crippen LogP contribution in [0.5, 0.6) is 11.5 Å². The van der Waals surface area contributed by atoms with Gasteiger partial charge in [0.25, 0.3) is 0 Å². The molecule has 0 aromatic heterocycles. The standard InChI is InChI=1S/C20H25NO3/c1-16(12-13-17-8-4-3-5-9-17)21-20(22)14-15-24-19-11-7-6-10-18(19)23-2/h3-11,16H,12-15H2,1-2H3,(H,21,22). The Kier molecular flexibility index (Phi) is 7.15. The Bertz CT molecular complexity index is 628. The van der Waals surface area contributed by atoms with Gasteiger partial charge >= 0.3 is 0 Å². The van der Waals surface area contributed by atoms with Gasteiger partial charge in [-0.2, -0.15) is 0 Å². The normalized spacial score (nSPS) is 11.6. The molecule has 0 bridgehead atoms. The van der Waals surface area contributed by atoms with Crippen molar-refractivity contribution in [1.29, 1.82) is 0 Å². The molecule has 0 aliphatic carbocycles. The van der Waals surface area contributed by atoms with Crippen LogP contribution < -0.4 is 14.8 Å². The van der Waals surface area contributed by atoms with E-state index < -0.39 is 0 Å². The van der Waals surface area contributed by atoms with Crippen LogP contribution >= 0.6 is 0 Å². The van der Waals surface area contributed by atoms with Gasteiger partial charge in [-0.15, -0.1) is 0 Å². The molecule has 4 nitrogen and oxygen atoms in total. The van der Waals surface area contributed by atoms with Gasteiger partial charge in [0.15, 0.2) is 11.5 Å². The van der Waals surface area contributed by atoms with Crippen LogP contribution in [0.25, 0.3) is 0 Å². The summed E-state index contributed by atoms with van der Waals surface area (Å²) in [6, 6.07) is 17.9. The van der Waals surface area contributed by atoms with Gasteiger partial charge in [-0.25, -0.2) is 0 Å². The van der Waals surface area contributed by atoms with Crippen LogP contribution in [0.2, 0.25) is 0 Å². The van der Waals surface area contributed by atoms with Crippen molar-refractivity contribution in [3.8, 4) is 11.5 Å². The second-order valence-electron chi connectivity index (χ2n) is 5.74. The summed E-state index contributed by atoms with van der Waals surface area (Å²) in [5, 5.41) is 3.01. The van der Waals surface area contributed by atoms with E-state index in [-0.39, 0.29) is 11.9 Å². The van der Waals surface area contributed by atoms with Crippen molar-refractivity contribution in [2.45, 2.75) is 32.2 Å². The van der Waals surface area contributed by atoms with Gasteiger partial charge in [0.2, 0.25) is 5.91 Å². The molecule has 1 amide bonds. The molecule has 0 heterocycles. The predicted molar refractivity (Wildman–Crippen MR) is 95.5 cm³/mol. The first-order valence-electron chi connectivity index (χ1n) is 8.28. The van der Waals surface area contributed by atoms with Crippen LogP contribution in [0.3, 0.4) is 0 Å². The Morgan fingerprint density at radius 2 is 1.71 bits per heavy atom. The van der Waals surface area contributed by atoms with Gasteiger partial charge in [-0.1, -0.05) is 42.5 Å². The summed E-state index contributed by atoms with van der Waals surface area (Å²) >= 11 is 0. The maximum absolute atomic E-state index is 12.0. The highest BCUT2D eigenvalue weighted by Gasteiger charge is 2.09. The molecule has 2 aromatic carbocycles.